The molecule has 0 aromatic heterocycles. The minimum Gasteiger partial charge on any atom is -0.493 e. The van der Waals surface area contributed by atoms with Gasteiger partial charge in [0.2, 0.25) is 0 Å². The molecule has 4 heteroatoms. The second-order valence-corrected chi connectivity index (χ2v) is 5.71. The zero-order valence-electron chi connectivity index (χ0n) is 10.2. The lowest BCUT2D eigenvalue weighted by atomic mass is 9.90. The smallest absolute Gasteiger partial charge is 0.267 e. The summed E-state index contributed by atoms with van der Waals surface area (Å²) in [6.07, 6.45) is 3.56. The maximum absolute atomic E-state index is 12.9. The lowest BCUT2D eigenvalue weighted by Gasteiger charge is -2.22. The second-order valence-electron chi connectivity index (χ2n) is 4.80. The number of halogens is 3. The number of ether oxygens (including phenoxy) is 1. The summed E-state index contributed by atoms with van der Waals surface area (Å²) in [7, 11) is 0. The van der Waals surface area contributed by atoms with Crippen LogP contribution in [0.3, 0.4) is 0 Å². The molecule has 1 aliphatic carbocycles. The fraction of sp³-hybridized carbons (Fsp3) is 0.571. The summed E-state index contributed by atoms with van der Waals surface area (Å²) in [6.45, 7) is 0.557. The highest BCUT2D eigenvalue weighted by Crippen LogP contribution is 2.33. The Balaban J connectivity index is 1.99. The van der Waals surface area contributed by atoms with E-state index < -0.39 is 6.43 Å². The van der Waals surface area contributed by atoms with Crippen molar-refractivity contribution < 1.29 is 13.5 Å². The molecule has 100 valence electrons. The van der Waals surface area contributed by atoms with E-state index in [1.807, 2.05) is 0 Å². The fourth-order valence-electron chi connectivity index (χ4n) is 2.38. The molecule has 0 radical (unpaired) electrons. The molecule has 1 nitrogen and oxygen atoms in total. The van der Waals surface area contributed by atoms with Crippen molar-refractivity contribution in [1.82, 2.24) is 0 Å². The van der Waals surface area contributed by atoms with E-state index >= 15 is 0 Å². The largest absolute Gasteiger partial charge is 0.493 e. The molecule has 1 aromatic carbocycles. The maximum Gasteiger partial charge on any atom is 0.267 e. The molecule has 2 rings (SSSR count). The van der Waals surface area contributed by atoms with Crippen molar-refractivity contribution in [2.75, 3.05) is 6.61 Å². The van der Waals surface area contributed by atoms with Crippen molar-refractivity contribution >= 4 is 15.9 Å². The molecular weight excluding hydrogens is 302 g/mol. The lowest BCUT2D eigenvalue weighted by molar-refractivity contribution is 0.140. The van der Waals surface area contributed by atoms with Crippen LogP contribution >= 0.6 is 15.9 Å². The Morgan fingerprint density at radius 2 is 1.94 bits per heavy atom. The summed E-state index contributed by atoms with van der Waals surface area (Å²) in [6, 6.07) is 4.79. The lowest BCUT2D eigenvalue weighted by Crippen LogP contribution is -2.15. The fourth-order valence-corrected chi connectivity index (χ4v) is 2.76. The summed E-state index contributed by atoms with van der Waals surface area (Å²) in [5.41, 5.74) is -0.0276. The number of hydrogen-bond acceptors (Lipinski definition) is 1. The van der Waals surface area contributed by atoms with Crippen LogP contribution in [0.1, 0.15) is 44.1 Å². The van der Waals surface area contributed by atoms with Crippen LogP contribution in [0.2, 0.25) is 0 Å². The van der Waals surface area contributed by atoms with Gasteiger partial charge >= 0.3 is 0 Å². The molecule has 1 saturated carbocycles. The van der Waals surface area contributed by atoms with E-state index in [-0.39, 0.29) is 5.56 Å². The number of alkyl halides is 2. The molecule has 0 atom stereocenters. The minimum atomic E-state index is -2.50. The van der Waals surface area contributed by atoms with Crippen LogP contribution in [0.25, 0.3) is 0 Å². The molecule has 0 heterocycles. The highest BCUT2D eigenvalue weighted by molar-refractivity contribution is 9.10. The molecule has 18 heavy (non-hydrogen) atoms. The third-order valence-electron chi connectivity index (χ3n) is 3.41. The standard InChI is InChI=1S/C14H17BrF2O/c15-11-6-7-13(12(8-11)14(16)17)18-9-10-4-2-1-3-5-10/h6-8,10,14H,1-5,9H2. The predicted molar refractivity (Wildman–Crippen MR) is 71.2 cm³/mol. The van der Waals surface area contributed by atoms with Gasteiger partial charge in [0.15, 0.2) is 0 Å². The van der Waals surface area contributed by atoms with E-state index in [4.69, 9.17) is 4.74 Å². The van der Waals surface area contributed by atoms with E-state index in [9.17, 15) is 8.78 Å². The zero-order chi connectivity index (χ0) is 13.0. The summed E-state index contributed by atoms with van der Waals surface area (Å²) >= 11 is 3.20. The van der Waals surface area contributed by atoms with Gasteiger partial charge in [-0.2, -0.15) is 0 Å². The first kappa shape index (κ1) is 13.8. The average Bonchev–Trinajstić information content (AvgIpc) is 2.38. The van der Waals surface area contributed by atoms with Gasteiger partial charge in [0.05, 0.1) is 12.2 Å². The van der Waals surface area contributed by atoms with Gasteiger partial charge in [-0.15, -0.1) is 0 Å². The predicted octanol–water partition coefficient (Wildman–Crippen LogP) is 5.35. The van der Waals surface area contributed by atoms with Crippen LogP contribution in [0.15, 0.2) is 22.7 Å². The van der Waals surface area contributed by atoms with E-state index in [1.54, 1.807) is 12.1 Å². The maximum atomic E-state index is 12.9. The molecule has 1 aromatic rings. The van der Waals surface area contributed by atoms with Crippen LogP contribution in [0, 0.1) is 5.92 Å². The van der Waals surface area contributed by atoms with E-state index in [0.29, 0.717) is 22.7 Å². The number of rotatable bonds is 4. The molecule has 0 spiro atoms. The minimum absolute atomic E-state index is 0.0276. The van der Waals surface area contributed by atoms with Gasteiger partial charge in [-0.25, -0.2) is 8.78 Å². The Labute approximate surface area is 115 Å². The SMILES string of the molecule is FC(F)c1cc(Br)ccc1OCC1CCCCC1. The van der Waals surface area contributed by atoms with Gasteiger partial charge in [0.25, 0.3) is 6.43 Å². The first-order chi connectivity index (χ1) is 8.66. The molecule has 0 aliphatic heterocycles. The van der Waals surface area contributed by atoms with Crippen LogP contribution in [-0.2, 0) is 0 Å². The topological polar surface area (TPSA) is 9.23 Å². The molecule has 0 N–H and O–H groups in total. The molecule has 0 unspecified atom stereocenters. The van der Waals surface area contributed by atoms with Crippen molar-refractivity contribution in [1.29, 1.82) is 0 Å². The normalized spacial score (nSPS) is 17.1. The Morgan fingerprint density at radius 1 is 1.22 bits per heavy atom. The van der Waals surface area contributed by atoms with Gasteiger partial charge in [0, 0.05) is 4.47 Å². The summed E-state index contributed by atoms with van der Waals surface area (Å²) in [5.74, 6) is 0.840. The van der Waals surface area contributed by atoms with Crippen LogP contribution in [0.4, 0.5) is 8.78 Å². The third-order valence-corrected chi connectivity index (χ3v) is 3.90. The summed E-state index contributed by atoms with van der Waals surface area (Å²) < 4.78 is 32.0. The Morgan fingerprint density at radius 3 is 2.61 bits per heavy atom. The second kappa shape index (κ2) is 6.50. The van der Waals surface area contributed by atoms with Crippen LogP contribution < -0.4 is 4.74 Å². The number of benzene rings is 1. The Bertz CT molecular complexity index is 389. The van der Waals surface area contributed by atoms with E-state index in [2.05, 4.69) is 15.9 Å². The molecule has 1 fully saturated rings. The van der Waals surface area contributed by atoms with Gasteiger partial charge in [0.1, 0.15) is 5.75 Å². The zero-order valence-corrected chi connectivity index (χ0v) is 11.8. The highest BCUT2D eigenvalue weighted by Gasteiger charge is 2.18. The molecule has 0 saturated heterocycles. The van der Waals surface area contributed by atoms with E-state index in [0.717, 1.165) is 12.8 Å². The third kappa shape index (κ3) is 3.67. The first-order valence-electron chi connectivity index (χ1n) is 6.37. The van der Waals surface area contributed by atoms with Crippen molar-refractivity contribution in [3.8, 4) is 5.75 Å². The monoisotopic (exact) mass is 318 g/mol. The average molecular weight is 319 g/mol. The van der Waals surface area contributed by atoms with Gasteiger partial charge < -0.3 is 4.74 Å². The van der Waals surface area contributed by atoms with Crippen molar-refractivity contribution in [3.05, 3.63) is 28.2 Å². The Kier molecular flexibility index (Phi) is 4.98. The molecule has 0 amide bonds. The summed E-state index contributed by atoms with van der Waals surface area (Å²) in [5, 5.41) is 0. The Hall–Kier alpha value is -0.640. The van der Waals surface area contributed by atoms with Gasteiger partial charge in [-0.1, -0.05) is 35.2 Å². The highest BCUT2D eigenvalue weighted by atomic mass is 79.9. The van der Waals surface area contributed by atoms with E-state index in [1.165, 1.54) is 25.3 Å². The van der Waals surface area contributed by atoms with Crippen molar-refractivity contribution in [3.63, 3.8) is 0 Å². The van der Waals surface area contributed by atoms with Crippen molar-refractivity contribution in [2.24, 2.45) is 5.92 Å². The molecular formula is C14H17BrF2O. The summed E-state index contributed by atoms with van der Waals surface area (Å²) in [4.78, 5) is 0. The molecule has 0 bridgehead atoms. The van der Waals surface area contributed by atoms with Crippen molar-refractivity contribution in [2.45, 2.75) is 38.5 Å². The first-order valence-corrected chi connectivity index (χ1v) is 7.16. The van der Waals surface area contributed by atoms with Gasteiger partial charge in [-0.05, 0) is 37.0 Å². The number of hydrogen-bond donors (Lipinski definition) is 0. The molecule has 1 aliphatic rings. The quantitative estimate of drug-likeness (QED) is 0.727. The van der Waals surface area contributed by atoms with Crippen LogP contribution in [0.5, 0.6) is 5.75 Å². The van der Waals surface area contributed by atoms with Crippen LogP contribution in [-0.4, -0.2) is 6.61 Å². The van der Waals surface area contributed by atoms with Gasteiger partial charge in [-0.3, -0.25) is 0 Å².